The lowest BCUT2D eigenvalue weighted by molar-refractivity contribution is -0.137. The van der Waals surface area contributed by atoms with E-state index in [0.29, 0.717) is 37.4 Å². The zero-order valence-electron chi connectivity index (χ0n) is 19.9. The van der Waals surface area contributed by atoms with Crippen LogP contribution in [0.25, 0.3) is 11.5 Å². The van der Waals surface area contributed by atoms with Crippen molar-refractivity contribution in [1.29, 1.82) is 0 Å². The predicted octanol–water partition coefficient (Wildman–Crippen LogP) is 4.39. The van der Waals surface area contributed by atoms with Gasteiger partial charge in [-0.15, -0.1) is 10.2 Å². The van der Waals surface area contributed by atoms with Crippen LogP contribution in [0, 0.1) is 11.6 Å². The molecule has 38 heavy (non-hydrogen) atoms. The Morgan fingerprint density at radius 1 is 0.974 bits per heavy atom. The SMILES string of the molecule is OC(CN1CCC(c2nnc(-c3ccc(C(F)(F)F)cc3)o2)CC1)(Cn1cncn1)c1ccc(F)cc1F. The van der Waals surface area contributed by atoms with E-state index in [4.69, 9.17) is 4.42 Å². The second kappa shape index (κ2) is 10.2. The van der Waals surface area contributed by atoms with Crippen molar-refractivity contribution >= 4 is 0 Å². The fourth-order valence-corrected chi connectivity index (χ4v) is 4.70. The van der Waals surface area contributed by atoms with E-state index in [1.165, 1.54) is 35.5 Å². The summed E-state index contributed by atoms with van der Waals surface area (Å²) in [5.74, 6) is -1.19. The van der Waals surface area contributed by atoms with Crippen LogP contribution in [0.1, 0.15) is 35.8 Å². The molecule has 1 unspecified atom stereocenters. The number of piperidine rings is 1. The Hall–Kier alpha value is -3.71. The summed E-state index contributed by atoms with van der Waals surface area (Å²) >= 11 is 0. The van der Waals surface area contributed by atoms with Gasteiger partial charge >= 0.3 is 6.18 Å². The van der Waals surface area contributed by atoms with Crippen molar-refractivity contribution in [3.8, 4) is 11.5 Å². The van der Waals surface area contributed by atoms with Crippen molar-refractivity contribution in [2.24, 2.45) is 0 Å². The summed E-state index contributed by atoms with van der Waals surface area (Å²) in [6.07, 6.45) is -0.533. The monoisotopic (exact) mass is 534 g/mol. The lowest BCUT2D eigenvalue weighted by Crippen LogP contribution is -2.47. The van der Waals surface area contributed by atoms with Crippen LogP contribution in [0.5, 0.6) is 0 Å². The van der Waals surface area contributed by atoms with Gasteiger partial charge in [-0.1, -0.05) is 6.07 Å². The van der Waals surface area contributed by atoms with Gasteiger partial charge in [0.1, 0.15) is 29.9 Å². The number of β-amino-alcohol motifs (C(OH)–C–C–N with tert-alkyl or cyclic N) is 1. The van der Waals surface area contributed by atoms with Gasteiger partial charge < -0.3 is 14.4 Å². The second-order valence-electron chi connectivity index (χ2n) is 9.32. The van der Waals surface area contributed by atoms with E-state index in [1.807, 2.05) is 4.90 Å². The Morgan fingerprint density at radius 3 is 2.34 bits per heavy atom. The van der Waals surface area contributed by atoms with Crippen LogP contribution in [-0.4, -0.2) is 54.6 Å². The maximum absolute atomic E-state index is 14.7. The third-order valence-electron chi connectivity index (χ3n) is 6.64. The summed E-state index contributed by atoms with van der Waals surface area (Å²) in [6.45, 7) is 1.01. The molecule has 200 valence electrons. The van der Waals surface area contributed by atoms with Crippen molar-refractivity contribution in [2.75, 3.05) is 19.6 Å². The number of rotatable bonds is 7. The van der Waals surface area contributed by atoms with Crippen LogP contribution in [0.15, 0.2) is 59.5 Å². The highest BCUT2D eigenvalue weighted by atomic mass is 19.4. The standard InChI is InChI=1S/C25H23F5N6O2/c26-19-5-6-20(21(27)11-19)24(37,13-36-15-31-14-32-36)12-35-9-7-17(8-10-35)23-34-33-22(38-23)16-1-3-18(4-2-16)25(28,29)30/h1-6,11,14-15,17,37H,7-10,12-13H2. The number of alkyl halides is 3. The lowest BCUT2D eigenvalue weighted by Gasteiger charge is -2.37. The quantitative estimate of drug-likeness (QED) is 0.352. The number of likely N-dealkylation sites (tertiary alicyclic amines) is 1. The molecule has 2 aromatic heterocycles. The third-order valence-corrected chi connectivity index (χ3v) is 6.64. The Balaban J connectivity index is 1.26. The molecule has 0 amide bonds. The first-order valence-corrected chi connectivity index (χ1v) is 11.8. The van der Waals surface area contributed by atoms with Crippen LogP contribution in [0.3, 0.4) is 0 Å². The van der Waals surface area contributed by atoms with Crippen molar-refractivity contribution in [3.63, 3.8) is 0 Å². The summed E-state index contributed by atoms with van der Waals surface area (Å²) in [4.78, 5) is 5.83. The van der Waals surface area contributed by atoms with Gasteiger partial charge in [-0.25, -0.2) is 18.4 Å². The number of nitrogens with zero attached hydrogens (tertiary/aromatic N) is 6. The summed E-state index contributed by atoms with van der Waals surface area (Å²) in [5, 5.41) is 23.7. The molecule has 0 radical (unpaired) electrons. The van der Waals surface area contributed by atoms with Gasteiger partial charge in [0.15, 0.2) is 0 Å². The minimum Gasteiger partial charge on any atom is -0.420 e. The first-order valence-electron chi connectivity index (χ1n) is 11.8. The zero-order valence-corrected chi connectivity index (χ0v) is 19.9. The maximum Gasteiger partial charge on any atom is 0.416 e. The molecule has 2 aromatic carbocycles. The predicted molar refractivity (Wildman–Crippen MR) is 123 cm³/mol. The van der Waals surface area contributed by atoms with Crippen molar-refractivity contribution in [1.82, 2.24) is 29.9 Å². The number of aromatic nitrogens is 5. The van der Waals surface area contributed by atoms with Crippen molar-refractivity contribution in [2.45, 2.75) is 37.1 Å². The number of halogens is 5. The molecular formula is C25H23F5N6O2. The molecule has 1 aliphatic rings. The molecule has 4 aromatic rings. The average Bonchev–Trinajstić information content (AvgIpc) is 3.56. The summed E-state index contributed by atoms with van der Waals surface area (Å²) < 4.78 is 73.8. The van der Waals surface area contributed by atoms with Crippen molar-refractivity contribution < 1.29 is 31.5 Å². The molecule has 0 saturated carbocycles. The number of hydrogen-bond acceptors (Lipinski definition) is 7. The molecule has 1 fully saturated rings. The van der Waals surface area contributed by atoms with E-state index >= 15 is 0 Å². The molecule has 1 atom stereocenters. The molecule has 1 N–H and O–H groups in total. The third kappa shape index (κ3) is 5.58. The van der Waals surface area contributed by atoms with E-state index in [-0.39, 0.29) is 30.5 Å². The fourth-order valence-electron chi connectivity index (χ4n) is 4.70. The van der Waals surface area contributed by atoms with Crippen LogP contribution in [0.2, 0.25) is 0 Å². The first kappa shape index (κ1) is 25.9. The molecule has 1 aliphatic heterocycles. The topological polar surface area (TPSA) is 93.1 Å². The van der Waals surface area contributed by atoms with E-state index in [1.54, 1.807) is 0 Å². The number of benzene rings is 2. The Morgan fingerprint density at radius 2 is 1.71 bits per heavy atom. The molecule has 0 aliphatic carbocycles. The number of aliphatic hydroxyl groups is 1. The summed E-state index contributed by atoms with van der Waals surface area (Å²) in [5.41, 5.74) is -2.14. The summed E-state index contributed by atoms with van der Waals surface area (Å²) in [7, 11) is 0. The zero-order chi connectivity index (χ0) is 26.9. The normalized spacial score (nSPS) is 17.0. The molecular weight excluding hydrogens is 511 g/mol. The molecule has 5 rings (SSSR count). The molecule has 8 nitrogen and oxygen atoms in total. The maximum atomic E-state index is 14.7. The molecule has 0 bridgehead atoms. The Labute approximate surface area is 213 Å². The molecule has 0 spiro atoms. The van der Waals surface area contributed by atoms with Gasteiger partial charge in [-0.05, 0) is 56.3 Å². The lowest BCUT2D eigenvalue weighted by atomic mass is 9.90. The summed E-state index contributed by atoms with van der Waals surface area (Å²) in [6, 6.07) is 7.55. The van der Waals surface area contributed by atoms with Crippen LogP contribution < -0.4 is 0 Å². The van der Waals surface area contributed by atoms with Gasteiger partial charge in [0.25, 0.3) is 0 Å². The average molecular weight is 534 g/mol. The minimum absolute atomic E-state index is 0.0467. The highest BCUT2D eigenvalue weighted by Gasteiger charge is 2.37. The smallest absolute Gasteiger partial charge is 0.416 e. The van der Waals surface area contributed by atoms with Crippen LogP contribution in [-0.2, 0) is 18.3 Å². The van der Waals surface area contributed by atoms with E-state index in [2.05, 4.69) is 20.3 Å². The second-order valence-corrected chi connectivity index (χ2v) is 9.32. The van der Waals surface area contributed by atoms with E-state index < -0.39 is 29.0 Å². The van der Waals surface area contributed by atoms with Gasteiger partial charge in [0.2, 0.25) is 11.8 Å². The van der Waals surface area contributed by atoms with Gasteiger partial charge in [0.05, 0.1) is 12.1 Å². The van der Waals surface area contributed by atoms with E-state index in [9.17, 15) is 27.1 Å². The van der Waals surface area contributed by atoms with Crippen LogP contribution >= 0.6 is 0 Å². The fraction of sp³-hybridized carbons (Fsp3) is 0.360. The van der Waals surface area contributed by atoms with Gasteiger partial charge in [-0.3, -0.25) is 0 Å². The van der Waals surface area contributed by atoms with Crippen LogP contribution in [0.4, 0.5) is 22.0 Å². The molecule has 13 heteroatoms. The van der Waals surface area contributed by atoms with Gasteiger partial charge in [-0.2, -0.15) is 18.3 Å². The molecule has 1 saturated heterocycles. The number of hydrogen-bond donors (Lipinski definition) is 1. The highest BCUT2D eigenvalue weighted by molar-refractivity contribution is 5.53. The minimum atomic E-state index is -4.43. The van der Waals surface area contributed by atoms with Crippen molar-refractivity contribution in [3.05, 3.63) is 83.8 Å². The Bertz CT molecular complexity index is 1370. The molecule has 3 heterocycles. The largest absolute Gasteiger partial charge is 0.420 e. The highest BCUT2D eigenvalue weighted by Crippen LogP contribution is 2.34. The first-order chi connectivity index (χ1) is 18.1. The Kier molecular flexibility index (Phi) is 6.97. The van der Waals surface area contributed by atoms with Gasteiger partial charge in [0, 0.05) is 29.7 Å². The van der Waals surface area contributed by atoms with E-state index in [0.717, 1.165) is 24.3 Å².